The quantitative estimate of drug-likeness (QED) is 0.570. The van der Waals surface area contributed by atoms with Gasteiger partial charge in [0, 0.05) is 40.8 Å². The van der Waals surface area contributed by atoms with E-state index in [0.29, 0.717) is 18.9 Å². The van der Waals surface area contributed by atoms with E-state index in [4.69, 9.17) is 9.47 Å². The van der Waals surface area contributed by atoms with E-state index in [9.17, 15) is 10.1 Å². The zero-order valence-electron chi connectivity index (χ0n) is 13.2. The van der Waals surface area contributed by atoms with Crippen LogP contribution in [0.5, 0.6) is 5.75 Å². The third-order valence-electron chi connectivity index (χ3n) is 3.82. The summed E-state index contributed by atoms with van der Waals surface area (Å²) in [5.74, 6) is 0.700. The maximum atomic E-state index is 11.2. The van der Waals surface area contributed by atoms with E-state index in [1.54, 1.807) is 6.07 Å². The maximum absolute atomic E-state index is 11.2. The number of ether oxygens (including phenoxy) is 2. The van der Waals surface area contributed by atoms with Crippen molar-refractivity contribution in [2.24, 2.45) is 0 Å². The van der Waals surface area contributed by atoms with E-state index < -0.39 is 0 Å². The van der Waals surface area contributed by atoms with Gasteiger partial charge in [0.25, 0.3) is 5.69 Å². The molecule has 0 fully saturated rings. The number of benzene rings is 2. The zero-order chi connectivity index (χ0) is 17.1. The molecule has 7 heteroatoms. The Kier molecular flexibility index (Phi) is 5.13. The second-order valence-electron chi connectivity index (χ2n) is 5.72. The van der Waals surface area contributed by atoms with Gasteiger partial charge in [-0.05, 0) is 18.7 Å². The molecule has 0 aromatic heterocycles. The van der Waals surface area contributed by atoms with Gasteiger partial charge < -0.3 is 9.47 Å². The second-order valence-corrected chi connectivity index (χ2v) is 6.58. The molecule has 126 valence electrons. The molecular formula is C17H17BrN2O4. The maximum Gasteiger partial charge on any atom is 0.270 e. The minimum absolute atomic E-state index is 0.0622. The van der Waals surface area contributed by atoms with Crippen LogP contribution in [-0.2, 0) is 24.4 Å². The van der Waals surface area contributed by atoms with Crippen LogP contribution >= 0.6 is 15.9 Å². The van der Waals surface area contributed by atoms with Crippen LogP contribution in [0.4, 0.5) is 5.69 Å². The summed E-state index contributed by atoms with van der Waals surface area (Å²) in [7, 11) is 1.98. The van der Waals surface area contributed by atoms with Crippen molar-refractivity contribution in [3.05, 3.63) is 67.7 Å². The Morgan fingerprint density at radius 3 is 2.75 bits per heavy atom. The smallest absolute Gasteiger partial charge is 0.270 e. The van der Waals surface area contributed by atoms with Gasteiger partial charge in [-0.1, -0.05) is 34.1 Å². The Morgan fingerprint density at radius 1 is 1.25 bits per heavy atom. The normalized spacial score (nSPS) is 13.5. The van der Waals surface area contributed by atoms with Crippen molar-refractivity contribution in [1.82, 2.24) is 4.90 Å². The first-order valence-corrected chi connectivity index (χ1v) is 8.26. The lowest BCUT2D eigenvalue weighted by Gasteiger charge is -2.23. The molecule has 0 aliphatic carbocycles. The lowest BCUT2D eigenvalue weighted by molar-refractivity contribution is -0.385. The lowest BCUT2D eigenvalue weighted by Crippen LogP contribution is -2.20. The molecule has 0 radical (unpaired) electrons. The third-order valence-corrected chi connectivity index (χ3v) is 4.59. The van der Waals surface area contributed by atoms with Crippen LogP contribution in [0.15, 0.2) is 40.9 Å². The monoisotopic (exact) mass is 392 g/mol. The second kappa shape index (κ2) is 7.29. The van der Waals surface area contributed by atoms with Crippen molar-refractivity contribution >= 4 is 21.6 Å². The molecule has 1 heterocycles. The SMILES string of the molecule is CN(Cc1ccccc1Br)Cc1cc([N+](=O)[O-])cc2c1OCOC2. The molecule has 24 heavy (non-hydrogen) atoms. The molecule has 2 aromatic rings. The van der Waals surface area contributed by atoms with Crippen LogP contribution in [0.25, 0.3) is 0 Å². The molecule has 0 atom stereocenters. The number of hydrogen-bond acceptors (Lipinski definition) is 5. The van der Waals surface area contributed by atoms with E-state index in [-0.39, 0.29) is 17.4 Å². The van der Waals surface area contributed by atoms with Gasteiger partial charge in [0.2, 0.25) is 0 Å². The van der Waals surface area contributed by atoms with Crippen molar-refractivity contribution in [3.63, 3.8) is 0 Å². The number of fused-ring (bicyclic) bond motifs is 1. The van der Waals surface area contributed by atoms with Crippen LogP contribution in [0, 0.1) is 10.1 Å². The van der Waals surface area contributed by atoms with Gasteiger partial charge in [0.05, 0.1) is 11.5 Å². The van der Waals surface area contributed by atoms with Gasteiger partial charge in [-0.3, -0.25) is 15.0 Å². The molecular weight excluding hydrogens is 376 g/mol. The molecule has 3 rings (SSSR count). The molecule has 0 spiro atoms. The summed E-state index contributed by atoms with van der Waals surface area (Å²) < 4.78 is 11.9. The fourth-order valence-electron chi connectivity index (χ4n) is 2.77. The molecule has 6 nitrogen and oxygen atoms in total. The van der Waals surface area contributed by atoms with E-state index in [1.165, 1.54) is 6.07 Å². The predicted molar refractivity (Wildman–Crippen MR) is 92.7 cm³/mol. The van der Waals surface area contributed by atoms with Crippen molar-refractivity contribution < 1.29 is 14.4 Å². The number of non-ortho nitro benzene ring substituents is 1. The summed E-state index contributed by atoms with van der Waals surface area (Å²) in [6, 6.07) is 11.1. The number of hydrogen-bond donors (Lipinski definition) is 0. The standard InChI is InChI=1S/C17H17BrN2O4/c1-19(8-12-4-2-3-5-16(12)18)9-13-6-15(20(21)22)7-14-10-23-11-24-17(13)14/h2-7H,8-11H2,1H3. The fourth-order valence-corrected chi connectivity index (χ4v) is 3.18. The number of nitro benzene ring substituents is 1. The van der Waals surface area contributed by atoms with Gasteiger partial charge in [0.15, 0.2) is 6.79 Å². The molecule has 0 saturated carbocycles. The van der Waals surface area contributed by atoms with Gasteiger partial charge >= 0.3 is 0 Å². The van der Waals surface area contributed by atoms with Gasteiger partial charge in [-0.25, -0.2) is 0 Å². The minimum atomic E-state index is -0.383. The molecule has 0 bridgehead atoms. The summed E-state index contributed by atoms with van der Waals surface area (Å²) in [5.41, 5.74) is 2.74. The summed E-state index contributed by atoms with van der Waals surface area (Å²) in [6.07, 6.45) is 0. The molecule has 0 saturated heterocycles. The first-order valence-electron chi connectivity index (χ1n) is 7.47. The molecule has 2 aromatic carbocycles. The summed E-state index contributed by atoms with van der Waals surface area (Å²) in [6.45, 7) is 1.77. The molecule has 0 amide bonds. The Hall–Kier alpha value is -1.96. The van der Waals surface area contributed by atoms with Gasteiger partial charge in [0.1, 0.15) is 5.75 Å². The van der Waals surface area contributed by atoms with Crippen LogP contribution in [0.2, 0.25) is 0 Å². The predicted octanol–water partition coefficient (Wildman–Crippen LogP) is 3.86. The molecule has 0 N–H and O–H groups in total. The highest BCUT2D eigenvalue weighted by Crippen LogP contribution is 2.33. The Balaban J connectivity index is 1.84. The largest absolute Gasteiger partial charge is 0.467 e. The van der Waals surface area contributed by atoms with E-state index in [1.807, 2.05) is 31.3 Å². The number of nitro groups is 1. The number of halogens is 1. The highest BCUT2D eigenvalue weighted by Gasteiger charge is 2.21. The first kappa shape index (κ1) is 16.9. The Labute approximate surface area is 148 Å². The van der Waals surface area contributed by atoms with E-state index >= 15 is 0 Å². The highest BCUT2D eigenvalue weighted by atomic mass is 79.9. The van der Waals surface area contributed by atoms with E-state index in [2.05, 4.69) is 20.8 Å². The van der Waals surface area contributed by atoms with Crippen LogP contribution in [0.1, 0.15) is 16.7 Å². The number of rotatable bonds is 5. The Bertz CT molecular complexity index is 766. The van der Waals surface area contributed by atoms with Crippen LogP contribution in [0.3, 0.4) is 0 Å². The van der Waals surface area contributed by atoms with Crippen molar-refractivity contribution in [2.75, 3.05) is 13.8 Å². The third kappa shape index (κ3) is 3.75. The summed E-state index contributed by atoms with van der Waals surface area (Å²) in [5, 5.41) is 11.2. The van der Waals surface area contributed by atoms with Crippen molar-refractivity contribution in [3.8, 4) is 5.75 Å². The van der Waals surface area contributed by atoms with Crippen molar-refractivity contribution in [2.45, 2.75) is 19.7 Å². The minimum Gasteiger partial charge on any atom is -0.467 e. The first-order chi connectivity index (χ1) is 11.5. The van der Waals surface area contributed by atoms with E-state index in [0.717, 1.165) is 27.7 Å². The topological polar surface area (TPSA) is 64.8 Å². The average molecular weight is 393 g/mol. The van der Waals surface area contributed by atoms with Gasteiger partial charge in [-0.15, -0.1) is 0 Å². The summed E-state index contributed by atoms with van der Waals surface area (Å²) >= 11 is 3.54. The van der Waals surface area contributed by atoms with Crippen LogP contribution < -0.4 is 4.74 Å². The molecule has 1 aliphatic heterocycles. The Morgan fingerprint density at radius 2 is 2.00 bits per heavy atom. The lowest BCUT2D eigenvalue weighted by atomic mass is 10.1. The number of nitrogens with zero attached hydrogens (tertiary/aromatic N) is 2. The average Bonchev–Trinajstić information content (AvgIpc) is 2.56. The molecule has 1 aliphatic rings. The zero-order valence-corrected chi connectivity index (χ0v) is 14.8. The molecule has 0 unspecified atom stereocenters. The van der Waals surface area contributed by atoms with Crippen LogP contribution in [-0.4, -0.2) is 23.7 Å². The summed E-state index contributed by atoms with van der Waals surface area (Å²) in [4.78, 5) is 12.9. The highest BCUT2D eigenvalue weighted by molar-refractivity contribution is 9.10. The fraction of sp³-hybridized carbons (Fsp3) is 0.294. The van der Waals surface area contributed by atoms with Gasteiger partial charge in [-0.2, -0.15) is 0 Å². The van der Waals surface area contributed by atoms with Crippen molar-refractivity contribution in [1.29, 1.82) is 0 Å².